The fourth-order valence-corrected chi connectivity index (χ4v) is 2.34. The molecule has 96 valence electrons. The van der Waals surface area contributed by atoms with Crippen molar-refractivity contribution in [3.05, 3.63) is 29.6 Å². The first kappa shape index (κ1) is 14.3. The predicted octanol–water partition coefficient (Wildman–Crippen LogP) is 2.73. The first-order chi connectivity index (χ1) is 7.70. The molecular weight excluding hydrogens is 239 g/mol. The largest absolute Gasteiger partial charge is 0.369 e. The van der Waals surface area contributed by atoms with Gasteiger partial charge in [0.1, 0.15) is 5.82 Å². The average Bonchev–Trinajstić information content (AvgIpc) is 2.29. The second-order valence-corrected chi connectivity index (χ2v) is 4.64. The van der Waals surface area contributed by atoms with Gasteiger partial charge in [-0.2, -0.15) is 0 Å². The van der Waals surface area contributed by atoms with Crippen LogP contribution in [0.15, 0.2) is 18.2 Å². The molecule has 1 saturated heterocycles. The molecule has 2 nitrogen and oxygen atoms in total. The third kappa shape index (κ3) is 3.33. The smallest absolute Gasteiger partial charge is 0.146 e. The maximum absolute atomic E-state index is 13.8. The number of nitrogens with zero attached hydrogens (tertiary/aromatic N) is 1. The number of halogens is 2. The number of benzene rings is 1. The van der Waals surface area contributed by atoms with Crippen LogP contribution in [0.2, 0.25) is 0 Å². The molecule has 4 heteroatoms. The molecule has 17 heavy (non-hydrogen) atoms. The number of hydrogen-bond acceptors (Lipinski definition) is 2. The maximum atomic E-state index is 13.8. The van der Waals surface area contributed by atoms with Crippen molar-refractivity contribution in [1.82, 2.24) is 0 Å². The van der Waals surface area contributed by atoms with Gasteiger partial charge in [-0.15, -0.1) is 12.4 Å². The highest BCUT2D eigenvalue weighted by molar-refractivity contribution is 5.85. The molecule has 0 aromatic heterocycles. The van der Waals surface area contributed by atoms with E-state index in [1.165, 1.54) is 6.42 Å². The first-order valence-electron chi connectivity index (χ1n) is 5.92. The van der Waals surface area contributed by atoms with Crippen molar-refractivity contribution in [3.8, 4) is 0 Å². The quantitative estimate of drug-likeness (QED) is 0.884. The molecule has 1 fully saturated rings. The van der Waals surface area contributed by atoms with E-state index in [4.69, 9.17) is 5.73 Å². The van der Waals surface area contributed by atoms with Gasteiger partial charge in [0.25, 0.3) is 0 Å². The number of aryl methyl sites for hydroxylation is 1. The molecule has 0 aliphatic carbocycles. The summed E-state index contributed by atoms with van der Waals surface area (Å²) in [6.45, 7) is 4.43. The molecule has 0 radical (unpaired) electrons. The van der Waals surface area contributed by atoms with Crippen molar-refractivity contribution < 1.29 is 4.39 Å². The fraction of sp³-hybridized carbons (Fsp3) is 0.538. The Morgan fingerprint density at radius 2 is 2.24 bits per heavy atom. The van der Waals surface area contributed by atoms with E-state index in [9.17, 15) is 4.39 Å². The summed E-state index contributed by atoms with van der Waals surface area (Å²) in [7, 11) is 0. The van der Waals surface area contributed by atoms with E-state index in [1.807, 2.05) is 19.1 Å². The summed E-state index contributed by atoms with van der Waals surface area (Å²) in [6.07, 6.45) is 2.27. The highest BCUT2D eigenvalue weighted by Crippen LogP contribution is 2.25. The highest BCUT2D eigenvalue weighted by atomic mass is 35.5. The Balaban J connectivity index is 0.00000144. The Labute approximate surface area is 108 Å². The normalized spacial score (nSPS) is 19.9. The first-order valence-corrected chi connectivity index (χ1v) is 5.92. The van der Waals surface area contributed by atoms with Crippen LogP contribution >= 0.6 is 12.4 Å². The zero-order chi connectivity index (χ0) is 11.5. The Morgan fingerprint density at radius 3 is 2.88 bits per heavy atom. The lowest BCUT2D eigenvalue weighted by Crippen LogP contribution is -2.38. The van der Waals surface area contributed by atoms with E-state index in [0.29, 0.717) is 12.5 Å². The third-order valence-corrected chi connectivity index (χ3v) is 3.30. The van der Waals surface area contributed by atoms with Crippen molar-refractivity contribution in [2.75, 3.05) is 24.5 Å². The summed E-state index contributed by atoms with van der Waals surface area (Å²) in [4.78, 5) is 2.12. The number of hydrogen-bond donors (Lipinski definition) is 1. The minimum atomic E-state index is -0.113. The van der Waals surface area contributed by atoms with Gasteiger partial charge in [0.05, 0.1) is 5.69 Å². The molecule has 1 aromatic rings. The van der Waals surface area contributed by atoms with Gasteiger partial charge in [-0.1, -0.05) is 6.07 Å². The summed E-state index contributed by atoms with van der Waals surface area (Å²) in [5, 5.41) is 0. The summed E-state index contributed by atoms with van der Waals surface area (Å²) >= 11 is 0. The molecule has 0 bridgehead atoms. The molecule has 1 aromatic carbocycles. The Bertz CT molecular complexity index is 370. The molecule has 2 N–H and O–H groups in total. The van der Waals surface area contributed by atoms with Crippen LogP contribution in [0.1, 0.15) is 18.4 Å². The van der Waals surface area contributed by atoms with Crippen molar-refractivity contribution in [2.45, 2.75) is 19.8 Å². The highest BCUT2D eigenvalue weighted by Gasteiger charge is 2.20. The van der Waals surface area contributed by atoms with Crippen molar-refractivity contribution >= 4 is 18.1 Å². The second kappa shape index (κ2) is 6.22. The standard InChI is InChI=1S/C13H19FN2.ClH/c1-10-4-5-13(12(14)7-10)16-6-2-3-11(8-15)9-16;/h4-5,7,11H,2-3,6,8-9,15H2,1H3;1H. The second-order valence-electron chi connectivity index (χ2n) is 4.64. The van der Waals surface area contributed by atoms with Gasteiger partial charge >= 0.3 is 0 Å². The summed E-state index contributed by atoms with van der Waals surface area (Å²) in [5.41, 5.74) is 7.38. The summed E-state index contributed by atoms with van der Waals surface area (Å²) in [5.74, 6) is 0.395. The van der Waals surface area contributed by atoms with E-state index in [1.54, 1.807) is 6.07 Å². The van der Waals surface area contributed by atoms with E-state index >= 15 is 0 Å². The van der Waals surface area contributed by atoms with Gasteiger partial charge in [0.15, 0.2) is 0 Å². The van der Waals surface area contributed by atoms with E-state index < -0.39 is 0 Å². The Hall–Kier alpha value is -0.800. The molecule has 1 aliphatic rings. The molecule has 1 aliphatic heterocycles. The van der Waals surface area contributed by atoms with Crippen LogP contribution in [-0.4, -0.2) is 19.6 Å². The SMILES string of the molecule is Cc1ccc(N2CCCC(CN)C2)c(F)c1.Cl. The summed E-state index contributed by atoms with van der Waals surface area (Å²) < 4.78 is 13.8. The number of anilines is 1. The van der Waals surface area contributed by atoms with Gasteiger partial charge < -0.3 is 10.6 Å². The molecule has 2 rings (SSSR count). The van der Waals surface area contributed by atoms with Crippen LogP contribution in [-0.2, 0) is 0 Å². The Kier molecular flexibility index (Phi) is 5.22. The lowest BCUT2D eigenvalue weighted by molar-refractivity contribution is 0.420. The molecular formula is C13H20ClFN2. The van der Waals surface area contributed by atoms with Gasteiger partial charge in [-0.3, -0.25) is 0 Å². The van der Waals surface area contributed by atoms with Crippen molar-refractivity contribution in [3.63, 3.8) is 0 Å². The molecule has 1 atom stereocenters. The minimum absolute atomic E-state index is 0. The topological polar surface area (TPSA) is 29.3 Å². The summed E-state index contributed by atoms with van der Waals surface area (Å²) in [6, 6.07) is 5.44. The van der Waals surface area contributed by atoms with Gasteiger partial charge in [0, 0.05) is 13.1 Å². The van der Waals surface area contributed by atoms with E-state index in [0.717, 1.165) is 30.8 Å². The van der Waals surface area contributed by atoms with Crippen LogP contribution in [0.5, 0.6) is 0 Å². The molecule has 1 unspecified atom stereocenters. The molecule has 0 saturated carbocycles. The van der Waals surface area contributed by atoms with Gasteiger partial charge in [-0.05, 0) is 49.9 Å². The van der Waals surface area contributed by atoms with E-state index in [2.05, 4.69) is 4.90 Å². The molecule has 0 spiro atoms. The van der Waals surface area contributed by atoms with E-state index in [-0.39, 0.29) is 18.2 Å². The predicted molar refractivity (Wildman–Crippen MR) is 72.4 cm³/mol. The zero-order valence-electron chi connectivity index (χ0n) is 10.2. The minimum Gasteiger partial charge on any atom is -0.369 e. The lowest BCUT2D eigenvalue weighted by atomic mass is 9.97. The maximum Gasteiger partial charge on any atom is 0.146 e. The number of rotatable bonds is 2. The number of piperidine rings is 1. The van der Waals surface area contributed by atoms with Crippen LogP contribution in [0, 0.1) is 18.7 Å². The molecule has 1 heterocycles. The van der Waals surface area contributed by atoms with Gasteiger partial charge in [0.2, 0.25) is 0 Å². The van der Waals surface area contributed by atoms with Crippen molar-refractivity contribution in [2.24, 2.45) is 11.7 Å². The van der Waals surface area contributed by atoms with Crippen LogP contribution in [0.3, 0.4) is 0 Å². The fourth-order valence-electron chi connectivity index (χ4n) is 2.34. The monoisotopic (exact) mass is 258 g/mol. The third-order valence-electron chi connectivity index (χ3n) is 3.30. The van der Waals surface area contributed by atoms with Crippen LogP contribution < -0.4 is 10.6 Å². The molecule has 0 amide bonds. The Morgan fingerprint density at radius 1 is 1.47 bits per heavy atom. The van der Waals surface area contributed by atoms with Crippen molar-refractivity contribution in [1.29, 1.82) is 0 Å². The van der Waals surface area contributed by atoms with Crippen LogP contribution in [0.25, 0.3) is 0 Å². The van der Waals surface area contributed by atoms with Crippen LogP contribution in [0.4, 0.5) is 10.1 Å². The zero-order valence-corrected chi connectivity index (χ0v) is 11.0. The average molecular weight is 259 g/mol. The lowest BCUT2D eigenvalue weighted by Gasteiger charge is -2.34. The number of nitrogens with two attached hydrogens (primary N) is 1. The van der Waals surface area contributed by atoms with Gasteiger partial charge in [-0.25, -0.2) is 4.39 Å².